The first-order chi connectivity index (χ1) is 8.56. The van der Waals surface area contributed by atoms with Crippen molar-refractivity contribution in [2.24, 2.45) is 5.92 Å². The molecule has 4 N–H and O–H groups in total. The zero-order chi connectivity index (χ0) is 13.1. The Morgan fingerprint density at radius 2 is 2.06 bits per heavy atom. The number of hydrogen-bond donors (Lipinski definition) is 4. The molecule has 1 aliphatic carbocycles. The smallest absolute Gasteiger partial charge is 0.335 e. The Labute approximate surface area is 104 Å². The van der Waals surface area contributed by atoms with Crippen molar-refractivity contribution in [3.63, 3.8) is 0 Å². The van der Waals surface area contributed by atoms with Gasteiger partial charge in [0, 0.05) is 6.54 Å². The van der Waals surface area contributed by atoms with Crippen molar-refractivity contribution >= 4 is 17.7 Å². The number of aromatic carboxylic acids is 1. The standard InChI is InChI=1S/C12H14N2O4/c15-10-5-8(11(16)17)3-4-9(10)14-12(18)13-6-7-1-2-7/h3-5,7,15H,1-2,6H2,(H,16,17)(H2,13,14,18). The maximum atomic E-state index is 11.5. The number of carbonyl (C=O) groups is 2. The number of carboxylic acid groups (broad SMARTS) is 1. The minimum Gasteiger partial charge on any atom is -0.506 e. The lowest BCUT2D eigenvalue weighted by molar-refractivity contribution is 0.0696. The summed E-state index contributed by atoms with van der Waals surface area (Å²) >= 11 is 0. The second-order valence-corrected chi connectivity index (χ2v) is 4.32. The third-order valence-corrected chi connectivity index (χ3v) is 2.74. The highest BCUT2D eigenvalue weighted by Crippen LogP contribution is 2.28. The van der Waals surface area contributed by atoms with E-state index < -0.39 is 12.0 Å². The summed E-state index contributed by atoms with van der Waals surface area (Å²) in [6.07, 6.45) is 2.28. The molecular weight excluding hydrogens is 236 g/mol. The van der Waals surface area contributed by atoms with E-state index in [1.165, 1.54) is 12.1 Å². The van der Waals surface area contributed by atoms with Gasteiger partial charge in [-0.05, 0) is 37.0 Å². The quantitative estimate of drug-likeness (QED) is 0.610. The predicted octanol–water partition coefficient (Wildman–Crippen LogP) is 1.62. The van der Waals surface area contributed by atoms with Crippen LogP contribution in [0.3, 0.4) is 0 Å². The molecule has 0 heterocycles. The van der Waals surface area contributed by atoms with E-state index in [1.54, 1.807) is 0 Å². The first-order valence-corrected chi connectivity index (χ1v) is 5.67. The summed E-state index contributed by atoms with van der Waals surface area (Å²) in [5.41, 5.74) is 0.157. The molecule has 0 bridgehead atoms. The van der Waals surface area contributed by atoms with Gasteiger partial charge in [-0.3, -0.25) is 0 Å². The number of hydrogen-bond acceptors (Lipinski definition) is 3. The van der Waals surface area contributed by atoms with Crippen molar-refractivity contribution in [3.05, 3.63) is 23.8 Å². The molecule has 6 nitrogen and oxygen atoms in total. The summed E-state index contributed by atoms with van der Waals surface area (Å²) in [6, 6.07) is 3.37. The van der Waals surface area contributed by atoms with Crippen molar-refractivity contribution in [1.82, 2.24) is 5.32 Å². The van der Waals surface area contributed by atoms with Gasteiger partial charge in [-0.25, -0.2) is 9.59 Å². The fourth-order valence-electron chi connectivity index (χ4n) is 1.50. The van der Waals surface area contributed by atoms with Gasteiger partial charge >= 0.3 is 12.0 Å². The fourth-order valence-corrected chi connectivity index (χ4v) is 1.50. The monoisotopic (exact) mass is 250 g/mol. The number of benzene rings is 1. The molecule has 0 atom stereocenters. The number of phenolic OH excluding ortho intramolecular Hbond substituents is 1. The van der Waals surface area contributed by atoms with Crippen molar-refractivity contribution in [2.45, 2.75) is 12.8 Å². The summed E-state index contributed by atoms with van der Waals surface area (Å²) < 4.78 is 0. The lowest BCUT2D eigenvalue weighted by Crippen LogP contribution is -2.30. The van der Waals surface area contributed by atoms with Crippen LogP contribution < -0.4 is 10.6 Å². The molecule has 0 aromatic heterocycles. The van der Waals surface area contributed by atoms with Gasteiger partial charge in [-0.1, -0.05) is 0 Å². The second kappa shape index (κ2) is 4.95. The van der Waals surface area contributed by atoms with E-state index in [9.17, 15) is 14.7 Å². The Balaban J connectivity index is 1.95. The Morgan fingerprint density at radius 3 is 2.61 bits per heavy atom. The first-order valence-electron chi connectivity index (χ1n) is 5.67. The van der Waals surface area contributed by atoms with Gasteiger partial charge < -0.3 is 20.8 Å². The third kappa shape index (κ3) is 3.13. The molecule has 2 amide bonds. The van der Waals surface area contributed by atoms with Gasteiger partial charge in [-0.2, -0.15) is 0 Å². The van der Waals surface area contributed by atoms with Crippen LogP contribution >= 0.6 is 0 Å². The minimum atomic E-state index is -1.13. The van der Waals surface area contributed by atoms with E-state index >= 15 is 0 Å². The van der Waals surface area contributed by atoms with E-state index in [1.807, 2.05) is 0 Å². The van der Waals surface area contributed by atoms with Crippen LogP contribution in [0.5, 0.6) is 5.75 Å². The average Bonchev–Trinajstić information content (AvgIpc) is 3.13. The molecule has 2 rings (SSSR count). The van der Waals surface area contributed by atoms with Gasteiger partial charge in [0.05, 0.1) is 11.3 Å². The Bertz CT molecular complexity index is 483. The van der Waals surface area contributed by atoms with E-state index in [4.69, 9.17) is 5.11 Å². The van der Waals surface area contributed by atoms with Crippen LogP contribution in [-0.4, -0.2) is 28.8 Å². The zero-order valence-corrected chi connectivity index (χ0v) is 9.64. The molecule has 0 spiro atoms. The molecular formula is C12H14N2O4. The molecule has 1 aromatic rings. The number of aromatic hydroxyl groups is 1. The van der Waals surface area contributed by atoms with Gasteiger partial charge in [0.1, 0.15) is 5.75 Å². The molecule has 0 aliphatic heterocycles. The highest BCUT2D eigenvalue weighted by molar-refractivity contribution is 5.93. The summed E-state index contributed by atoms with van der Waals surface area (Å²) in [5.74, 6) is -0.828. The van der Waals surface area contributed by atoms with E-state index in [2.05, 4.69) is 10.6 Å². The Hall–Kier alpha value is -2.24. The van der Waals surface area contributed by atoms with Crippen LogP contribution in [0, 0.1) is 5.92 Å². The molecule has 1 aliphatic rings. The minimum absolute atomic E-state index is 0.0311. The molecule has 18 heavy (non-hydrogen) atoms. The van der Waals surface area contributed by atoms with Crippen molar-refractivity contribution < 1.29 is 19.8 Å². The fraction of sp³-hybridized carbons (Fsp3) is 0.333. The lowest BCUT2D eigenvalue weighted by atomic mass is 10.2. The molecule has 0 saturated heterocycles. The highest BCUT2D eigenvalue weighted by Gasteiger charge is 2.21. The topological polar surface area (TPSA) is 98.7 Å². The molecule has 6 heteroatoms. The average molecular weight is 250 g/mol. The Kier molecular flexibility index (Phi) is 3.36. The number of nitrogens with one attached hydrogen (secondary N) is 2. The van der Waals surface area contributed by atoms with Crippen LogP contribution in [0.4, 0.5) is 10.5 Å². The maximum Gasteiger partial charge on any atom is 0.335 e. The molecule has 96 valence electrons. The summed E-state index contributed by atoms with van der Waals surface area (Å²) in [7, 11) is 0. The summed E-state index contributed by atoms with van der Waals surface area (Å²) in [6.45, 7) is 0.625. The molecule has 1 aromatic carbocycles. The van der Waals surface area contributed by atoms with Gasteiger partial charge in [-0.15, -0.1) is 0 Å². The number of carboxylic acids is 1. The van der Waals surface area contributed by atoms with E-state index in [-0.39, 0.29) is 17.0 Å². The second-order valence-electron chi connectivity index (χ2n) is 4.32. The van der Waals surface area contributed by atoms with Gasteiger partial charge in [0.2, 0.25) is 0 Å². The van der Waals surface area contributed by atoms with E-state index in [0.29, 0.717) is 12.5 Å². The molecule has 1 fully saturated rings. The zero-order valence-electron chi connectivity index (χ0n) is 9.64. The maximum absolute atomic E-state index is 11.5. The normalized spacial score (nSPS) is 14.0. The van der Waals surface area contributed by atoms with Gasteiger partial charge in [0.15, 0.2) is 0 Å². The van der Waals surface area contributed by atoms with Crippen molar-refractivity contribution in [3.8, 4) is 5.75 Å². The number of rotatable bonds is 4. The molecule has 0 unspecified atom stereocenters. The first kappa shape index (κ1) is 12.2. The Morgan fingerprint density at radius 1 is 1.33 bits per heavy atom. The van der Waals surface area contributed by atoms with Gasteiger partial charge in [0.25, 0.3) is 0 Å². The van der Waals surface area contributed by atoms with Crippen molar-refractivity contribution in [1.29, 1.82) is 0 Å². The number of urea groups is 1. The molecule has 0 radical (unpaired) electrons. The van der Waals surface area contributed by atoms with Crippen molar-refractivity contribution in [2.75, 3.05) is 11.9 Å². The summed E-state index contributed by atoms with van der Waals surface area (Å²) in [4.78, 5) is 22.1. The van der Waals surface area contributed by atoms with Crippen LogP contribution in [0.15, 0.2) is 18.2 Å². The van der Waals surface area contributed by atoms with Crippen LogP contribution in [0.25, 0.3) is 0 Å². The number of carbonyl (C=O) groups excluding carboxylic acids is 1. The molecule has 1 saturated carbocycles. The SMILES string of the molecule is O=C(NCC1CC1)Nc1ccc(C(=O)O)cc1O. The largest absolute Gasteiger partial charge is 0.506 e. The predicted molar refractivity (Wildman–Crippen MR) is 64.8 cm³/mol. The number of anilines is 1. The van der Waals surface area contributed by atoms with Crippen LogP contribution in [0.2, 0.25) is 0 Å². The highest BCUT2D eigenvalue weighted by atomic mass is 16.4. The lowest BCUT2D eigenvalue weighted by Gasteiger charge is -2.09. The van der Waals surface area contributed by atoms with Crippen LogP contribution in [0.1, 0.15) is 23.2 Å². The number of phenols is 1. The summed E-state index contributed by atoms with van der Waals surface area (Å²) in [5, 5.41) is 23.4. The van der Waals surface area contributed by atoms with E-state index in [0.717, 1.165) is 18.9 Å². The van der Waals surface area contributed by atoms with Crippen LogP contribution in [-0.2, 0) is 0 Å². The third-order valence-electron chi connectivity index (χ3n) is 2.74. The number of amides is 2.